The van der Waals surface area contributed by atoms with E-state index in [0.29, 0.717) is 0 Å². The predicted octanol–water partition coefficient (Wildman–Crippen LogP) is 2.80. The summed E-state index contributed by atoms with van der Waals surface area (Å²) in [6, 6.07) is 12.5. The van der Waals surface area contributed by atoms with Crippen LogP contribution in [0.25, 0.3) is 16.6 Å². The summed E-state index contributed by atoms with van der Waals surface area (Å²) in [6.45, 7) is 2.08. The second kappa shape index (κ2) is 2.58. The maximum absolute atomic E-state index is 4.33. The predicted molar refractivity (Wildman–Crippen MR) is 57.4 cm³/mol. The number of rotatable bonds is 0. The molecule has 0 saturated heterocycles. The molecule has 0 unspecified atom stereocenters. The van der Waals surface area contributed by atoms with Crippen molar-refractivity contribution in [3.63, 3.8) is 0 Å². The molecule has 2 aromatic heterocycles. The molecule has 68 valence electrons. The molecule has 3 aromatic rings. The van der Waals surface area contributed by atoms with Crippen molar-refractivity contribution in [2.24, 2.45) is 0 Å². The highest BCUT2D eigenvalue weighted by molar-refractivity contribution is 5.82. The number of nitrogens with zero attached hydrogens (tertiary/aromatic N) is 2. The number of benzene rings is 1. The number of para-hydroxylation sites is 1. The zero-order valence-electron chi connectivity index (χ0n) is 7.94. The van der Waals surface area contributed by atoms with Crippen LogP contribution in [-0.4, -0.2) is 9.38 Å². The Bertz CT molecular complexity index is 608. The van der Waals surface area contributed by atoms with E-state index in [-0.39, 0.29) is 0 Å². The second-order valence-electron chi connectivity index (χ2n) is 3.49. The molecule has 1 aromatic carbocycles. The quantitative estimate of drug-likeness (QED) is 0.522. The monoisotopic (exact) mass is 182 g/mol. The minimum Gasteiger partial charge on any atom is -0.297 e. The Labute approximate surface area is 81.8 Å². The van der Waals surface area contributed by atoms with Crippen LogP contribution in [0.5, 0.6) is 0 Å². The van der Waals surface area contributed by atoms with Crippen LogP contribution in [-0.2, 0) is 0 Å². The zero-order valence-corrected chi connectivity index (χ0v) is 7.94. The van der Waals surface area contributed by atoms with Gasteiger partial charge in [-0.1, -0.05) is 18.2 Å². The molecule has 2 heterocycles. The van der Waals surface area contributed by atoms with E-state index in [1.165, 1.54) is 16.6 Å². The summed E-state index contributed by atoms with van der Waals surface area (Å²) >= 11 is 0. The Morgan fingerprint density at radius 1 is 1.07 bits per heavy atom. The highest BCUT2D eigenvalue weighted by Crippen LogP contribution is 2.17. The normalized spacial score (nSPS) is 11.2. The smallest absolute Gasteiger partial charge is 0.137 e. The van der Waals surface area contributed by atoms with Gasteiger partial charge in [-0.15, -0.1) is 0 Å². The molecule has 2 nitrogen and oxygen atoms in total. The number of aromatic nitrogens is 2. The Morgan fingerprint density at radius 3 is 2.86 bits per heavy atom. The lowest BCUT2D eigenvalue weighted by Gasteiger charge is -2.02. The number of imidazole rings is 1. The van der Waals surface area contributed by atoms with Crippen LogP contribution in [0.4, 0.5) is 0 Å². The van der Waals surface area contributed by atoms with Crippen LogP contribution >= 0.6 is 0 Å². The first-order valence-electron chi connectivity index (χ1n) is 4.68. The van der Waals surface area contributed by atoms with E-state index < -0.39 is 0 Å². The van der Waals surface area contributed by atoms with Crippen molar-refractivity contribution < 1.29 is 0 Å². The molecular formula is C12H10N2. The summed E-state index contributed by atoms with van der Waals surface area (Å²) in [5, 5.41) is 1.25. The lowest BCUT2D eigenvalue weighted by Crippen LogP contribution is -1.89. The number of aryl methyl sites for hydroxylation is 1. The molecule has 14 heavy (non-hydrogen) atoms. The van der Waals surface area contributed by atoms with E-state index in [1.807, 2.05) is 6.20 Å². The lowest BCUT2D eigenvalue weighted by molar-refractivity contribution is 1.17. The third kappa shape index (κ3) is 0.880. The average Bonchev–Trinajstić information content (AvgIpc) is 2.61. The summed E-state index contributed by atoms with van der Waals surface area (Å²) in [6.07, 6.45) is 1.90. The summed E-state index contributed by atoms with van der Waals surface area (Å²) in [5.74, 6) is 0. The van der Waals surface area contributed by atoms with E-state index in [9.17, 15) is 0 Å². The number of pyridine rings is 1. The molecule has 2 heteroatoms. The highest BCUT2D eigenvalue weighted by atomic mass is 15.0. The summed E-state index contributed by atoms with van der Waals surface area (Å²) in [5.41, 5.74) is 3.41. The van der Waals surface area contributed by atoms with Crippen molar-refractivity contribution in [3.8, 4) is 0 Å². The molecular weight excluding hydrogens is 172 g/mol. The molecule has 0 aliphatic rings. The summed E-state index contributed by atoms with van der Waals surface area (Å²) in [4.78, 5) is 4.33. The van der Waals surface area contributed by atoms with Gasteiger partial charge in [-0.3, -0.25) is 4.40 Å². The Hall–Kier alpha value is -1.83. The van der Waals surface area contributed by atoms with Gasteiger partial charge in [0, 0.05) is 11.9 Å². The van der Waals surface area contributed by atoms with Gasteiger partial charge in [0.2, 0.25) is 0 Å². The van der Waals surface area contributed by atoms with Gasteiger partial charge >= 0.3 is 0 Å². The first-order valence-corrected chi connectivity index (χ1v) is 4.68. The van der Waals surface area contributed by atoms with E-state index >= 15 is 0 Å². The standard InChI is InChI=1S/C12H10N2/c1-9-8-13-12-7-6-10-4-2-3-5-11(10)14(9)12/h2-8H,1H3. The fraction of sp³-hybridized carbons (Fsp3) is 0.0833. The number of hydrogen-bond acceptors (Lipinski definition) is 1. The van der Waals surface area contributed by atoms with Crippen molar-refractivity contribution in [2.75, 3.05) is 0 Å². The first kappa shape index (κ1) is 7.56. The van der Waals surface area contributed by atoms with Crippen molar-refractivity contribution in [1.82, 2.24) is 9.38 Å². The molecule has 0 amide bonds. The lowest BCUT2D eigenvalue weighted by atomic mass is 10.2. The van der Waals surface area contributed by atoms with Gasteiger partial charge in [0.05, 0.1) is 5.52 Å². The van der Waals surface area contributed by atoms with E-state index in [2.05, 4.69) is 52.7 Å². The molecule has 0 fully saturated rings. The van der Waals surface area contributed by atoms with Crippen LogP contribution in [0.15, 0.2) is 42.6 Å². The third-order valence-corrected chi connectivity index (χ3v) is 2.56. The largest absolute Gasteiger partial charge is 0.297 e. The minimum atomic E-state index is 1.02. The van der Waals surface area contributed by atoms with Gasteiger partial charge in [0.1, 0.15) is 5.65 Å². The molecule has 0 spiro atoms. The Kier molecular flexibility index (Phi) is 1.39. The van der Waals surface area contributed by atoms with Crippen molar-refractivity contribution in [2.45, 2.75) is 6.92 Å². The minimum absolute atomic E-state index is 1.02. The van der Waals surface area contributed by atoms with E-state index in [4.69, 9.17) is 0 Å². The van der Waals surface area contributed by atoms with Crippen molar-refractivity contribution in [3.05, 3.63) is 48.3 Å². The average molecular weight is 182 g/mol. The summed E-state index contributed by atoms with van der Waals surface area (Å²) < 4.78 is 2.18. The highest BCUT2D eigenvalue weighted by Gasteiger charge is 2.01. The van der Waals surface area contributed by atoms with E-state index in [0.717, 1.165) is 5.65 Å². The van der Waals surface area contributed by atoms with Crippen LogP contribution < -0.4 is 0 Å². The fourth-order valence-corrected chi connectivity index (χ4v) is 1.88. The van der Waals surface area contributed by atoms with Crippen molar-refractivity contribution in [1.29, 1.82) is 0 Å². The van der Waals surface area contributed by atoms with Crippen LogP contribution in [0.3, 0.4) is 0 Å². The molecule has 0 aliphatic heterocycles. The maximum Gasteiger partial charge on any atom is 0.137 e. The summed E-state index contributed by atoms with van der Waals surface area (Å²) in [7, 11) is 0. The van der Waals surface area contributed by atoms with Gasteiger partial charge in [0.15, 0.2) is 0 Å². The maximum atomic E-state index is 4.33. The van der Waals surface area contributed by atoms with Crippen LogP contribution in [0.2, 0.25) is 0 Å². The molecule has 0 aliphatic carbocycles. The zero-order chi connectivity index (χ0) is 9.54. The topological polar surface area (TPSA) is 17.3 Å². The second-order valence-corrected chi connectivity index (χ2v) is 3.49. The third-order valence-electron chi connectivity index (χ3n) is 2.56. The SMILES string of the molecule is Cc1cnc2ccc3ccccc3n12. The molecule has 3 rings (SSSR count). The number of hydrogen-bond donors (Lipinski definition) is 0. The molecule has 0 radical (unpaired) electrons. The van der Waals surface area contributed by atoms with Crippen LogP contribution in [0, 0.1) is 6.92 Å². The molecule has 0 saturated carbocycles. The first-order chi connectivity index (χ1) is 6.86. The molecule has 0 bridgehead atoms. The van der Waals surface area contributed by atoms with Gasteiger partial charge in [-0.2, -0.15) is 0 Å². The van der Waals surface area contributed by atoms with Gasteiger partial charge in [-0.05, 0) is 30.5 Å². The van der Waals surface area contributed by atoms with Crippen LogP contribution in [0.1, 0.15) is 5.69 Å². The van der Waals surface area contributed by atoms with E-state index in [1.54, 1.807) is 0 Å². The molecule has 0 N–H and O–H groups in total. The van der Waals surface area contributed by atoms with Gasteiger partial charge < -0.3 is 0 Å². The van der Waals surface area contributed by atoms with Gasteiger partial charge in [0.25, 0.3) is 0 Å². The molecule has 0 atom stereocenters. The van der Waals surface area contributed by atoms with Gasteiger partial charge in [-0.25, -0.2) is 4.98 Å². The Balaban J connectivity index is 2.65. The fourth-order valence-electron chi connectivity index (χ4n) is 1.88. The van der Waals surface area contributed by atoms with Crippen molar-refractivity contribution >= 4 is 16.6 Å². The number of fused-ring (bicyclic) bond motifs is 3. The Morgan fingerprint density at radius 2 is 1.93 bits per heavy atom.